The molecule has 0 unspecified atom stereocenters. The number of aromatic nitrogens is 2. The molecular formula is C27H27ClN2O3S. The maximum atomic E-state index is 12.0. The highest BCUT2D eigenvalue weighted by Crippen LogP contribution is 2.35. The van der Waals surface area contributed by atoms with Gasteiger partial charge in [0.2, 0.25) is 0 Å². The number of benzene rings is 3. The Hall–Kier alpha value is -2.93. The van der Waals surface area contributed by atoms with Gasteiger partial charge in [-0.2, -0.15) is 0 Å². The predicted octanol–water partition coefficient (Wildman–Crippen LogP) is 6.11. The van der Waals surface area contributed by atoms with Crippen molar-refractivity contribution in [2.45, 2.75) is 38.2 Å². The van der Waals surface area contributed by atoms with E-state index in [1.165, 1.54) is 6.26 Å². The Bertz CT molecular complexity index is 1480. The molecule has 1 aromatic heterocycles. The Labute approximate surface area is 205 Å². The number of hydrogen-bond acceptors (Lipinski definition) is 4. The van der Waals surface area contributed by atoms with E-state index in [2.05, 4.69) is 0 Å². The van der Waals surface area contributed by atoms with Gasteiger partial charge in [-0.25, -0.2) is 13.4 Å². The molecule has 4 aromatic rings. The Morgan fingerprint density at radius 1 is 0.941 bits per heavy atom. The molecule has 0 aliphatic carbocycles. The summed E-state index contributed by atoms with van der Waals surface area (Å²) in [5.41, 5.74) is 4.78. The molecule has 176 valence electrons. The van der Waals surface area contributed by atoms with Crippen LogP contribution in [0.5, 0.6) is 0 Å². The van der Waals surface area contributed by atoms with Crippen molar-refractivity contribution in [2.24, 2.45) is 0 Å². The molecular weight excluding hydrogens is 468 g/mol. The third-order valence-electron chi connectivity index (χ3n) is 5.83. The first-order chi connectivity index (χ1) is 15.9. The maximum absolute atomic E-state index is 12.0. The lowest BCUT2D eigenvalue weighted by atomic mass is 10.0. The van der Waals surface area contributed by atoms with Gasteiger partial charge in [-0.1, -0.05) is 41.9 Å². The molecule has 0 radical (unpaired) electrons. The number of sulfone groups is 1. The van der Waals surface area contributed by atoms with Gasteiger partial charge in [0.05, 0.1) is 21.3 Å². The van der Waals surface area contributed by atoms with Crippen molar-refractivity contribution in [1.82, 2.24) is 9.55 Å². The van der Waals surface area contributed by atoms with Gasteiger partial charge in [0.15, 0.2) is 9.84 Å². The average molecular weight is 495 g/mol. The minimum atomic E-state index is -3.30. The summed E-state index contributed by atoms with van der Waals surface area (Å²) < 4.78 is 25.9. The predicted molar refractivity (Wildman–Crippen MR) is 137 cm³/mol. The maximum Gasteiger partial charge on any atom is 0.175 e. The van der Waals surface area contributed by atoms with E-state index in [1.807, 2.05) is 67.1 Å². The van der Waals surface area contributed by atoms with Crippen LogP contribution in [-0.4, -0.2) is 29.3 Å². The van der Waals surface area contributed by atoms with Gasteiger partial charge in [-0.15, -0.1) is 0 Å². The number of aryl methyl sites for hydroxylation is 2. The average Bonchev–Trinajstić information content (AvgIpc) is 3.18. The molecule has 1 heterocycles. The van der Waals surface area contributed by atoms with Gasteiger partial charge in [0, 0.05) is 18.0 Å². The van der Waals surface area contributed by atoms with Crippen LogP contribution in [0.25, 0.3) is 28.2 Å². The minimum absolute atomic E-state index is 0.285. The van der Waals surface area contributed by atoms with Crippen molar-refractivity contribution < 1.29 is 13.5 Å². The zero-order valence-corrected chi connectivity index (χ0v) is 21.4. The van der Waals surface area contributed by atoms with Gasteiger partial charge >= 0.3 is 0 Å². The summed E-state index contributed by atoms with van der Waals surface area (Å²) in [6, 6.07) is 18.6. The van der Waals surface area contributed by atoms with Crippen LogP contribution in [0.4, 0.5) is 0 Å². The van der Waals surface area contributed by atoms with E-state index in [0.29, 0.717) is 16.5 Å². The molecule has 3 aromatic carbocycles. The molecule has 0 saturated heterocycles. The molecule has 0 fully saturated rings. The summed E-state index contributed by atoms with van der Waals surface area (Å²) in [6.45, 7) is 7.38. The van der Waals surface area contributed by atoms with E-state index in [4.69, 9.17) is 16.6 Å². The number of halogens is 1. The van der Waals surface area contributed by atoms with Gasteiger partial charge in [0.25, 0.3) is 0 Å². The van der Waals surface area contributed by atoms with Crippen molar-refractivity contribution in [1.29, 1.82) is 0 Å². The lowest BCUT2D eigenvalue weighted by Gasteiger charge is -2.15. The summed E-state index contributed by atoms with van der Waals surface area (Å²) in [6.07, 6.45) is 3.04. The summed E-state index contributed by atoms with van der Waals surface area (Å²) in [5, 5.41) is 11.2. The van der Waals surface area contributed by atoms with Crippen molar-refractivity contribution >= 4 is 21.4 Å². The molecule has 5 nitrogen and oxygen atoms in total. The minimum Gasteiger partial charge on any atom is -0.384 e. The van der Waals surface area contributed by atoms with E-state index in [1.54, 1.807) is 32.0 Å². The zero-order chi connectivity index (χ0) is 24.8. The molecule has 0 amide bonds. The topological polar surface area (TPSA) is 72.2 Å². The molecule has 7 heteroatoms. The van der Waals surface area contributed by atoms with Crippen molar-refractivity contribution in [3.63, 3.8) is 0 Å². The van der Waals surface area contributed by atoms with Crippen molar-refractivity contribution in [2.75, 3.05) is 6.26 Å². The molecule has 0 aliphatic rings. The summed E-state index contributed by atoms with van der Waals surface area (Å²) >= 11 is 6.58. The first-order valence-electron chi connectivity index (χ1n) is 10.9. The molecule has 1 N–H and O–H groups in total. The fourth-order valence-electron chi connectivity index (χ4n) is 3.96. The molecule has 34 heavy (non-hydrogen) atoms. The number of hydrogen-bond donors (Lipinski definition) is 1. The van der Waals surface area contributed by atoms with Gasteiger partial charge in [-0.3, -0.25) is 4.57 Å². The van der Waals surface area contributed by atoms with E-state index in [0.717, 1.165) is 33.5 Å². The van der Waals surface area contributed by atoms with Crippen LogP contribution >= 0.6 is 11.6 Å². The van der Waals surface area contributed by atoms with Gasteiger partial charge in [0.1, 0.15) is 11.4 Å². The Morgan fingerprint density at radius 3 is 2.24 bits per heavy atom. The monoisotopic (exact) mass is 494 g/mol. The summed E-state index contributed by atoms with van der Waals surface area (Å²) in [5.74, 6) is 0.648. The zero-order valence-electron chi connectivity index (χ0n) is 19.8. The first kappa shape index (κ1) is 24.2. The van der Waals surface area contributed by atoms with E-state index in [9.17, 15) is 13.5 Å². The van der Waals surface area contributed by atoms with Crippen LogP contribution in [-0.2, 0) is 15.4 Å². The Kier molecular flexibility index (Phi) is 6.19. The largest absolute Gasteiger partial charge is 0.384 e. The normalized spacial score (nSPS) is 12.2. The molecule has 0 spiro atoms. The van der Waals surface area contributed by atoms with Crippen LogP contribution in [0.15, 0.2) is 71.8 Å². The first-order valence-corrected chi connectivity index (χ1v) is 13.1. The smallest absolute Gasteiger partial charge is 0.175 e. The Morgan fingerprint density at radius 2 is 1.62 bits per heavy atom. The number of imidazole rings is 1. The van der Waals surface area contributed by atoms with Gasteiger partial charge in [-0.05, 0) is 80.3 Å². The number of aliphatic hydroxyl groups is 1. The van der Waals surface area contributed by atoms with Crippen LogP contribution in [0, 0.1) is 13.8 Å². The number of rotatable bonds is 5. The highest BCUT2D eigenvalue weighted by molar-refractivity contribution is 7.90. The SMILES string of the molecule is Cc1cc(-c2cccc(S(C)(=O)=O)c2)ccc1-n1cc(C(C)(C)O)nc1-c1c(C)cccc1Cl. The second kappa shape index (κ2) is 8.69. The number of nitrogens with zero attached hydrogens (tertiary/aromatic N) is 2. The van der Waals surface area contributed by atoms with Crippen molar-refractivity contribution in [3.05, 3.63) is 88.7 Å². The van der Waals surface area contributed by atoms with Crippen molar-refractivity contribution in [3.8, 4) is 28.2 Å². The lowest BCUT2D eigenvalue weighted by molar-refractivity contribution is 0.0743. The van der Waals surface area contributed by atoms with Crippen LogP contribution in [0.3, 0.4) is 0 Å². The molecule has 4 rings (SSSR count). The second-order valence-electron chi connectivity index (χ2n) is 9.11. The third-order valence-corrected chi connectivity index (χ3v) is 7.26. The molecule has 0 aliphatic heterocycles. The summed E-state index contributed by atoms with van der Waals surface area (Å²) in [7, 11) is -3.30. The lowest BCUT2D eigenvalue weighted by Crippen LogP contribution is -2.15. The molecule has 0 atom stereocenters. The standard InChI is InChI=1S/C27H27ClN2O3S/c1-17-8-6-11-22(28)25(17)26-29-24(27(3,4)31)16-30(26)23-13-12-20(14-18(23)2)19-9-7-10-21(15-19)34(5,32)33/h6-16,31H,1-5H3. The summed E-state index contributed by atoms with van der Waals surface area (Å²) in [4.78, 5) is 5.06. The van der Waals surface area contributed by atoms with Crippen LogP contribution in [0.1, 0.15) is 30.7 Å². The molecule has 0 bridgehead atoms. The fraction of sp³-hybridized carbons (Fsp3) is 0.222. The Balaban J connectivity index is 1.88. The van der Waals surface area contributed by atoms with Crippen LogP contribution < -0.4 is 0 Å². The highest BCUT2D eigenvalue weighted by Gasteiger charge is 2.25. The highest BCUT2D eigenvalue weighted by atomic mass is 35.5. The third kappa shape index (κ3) is 4.67. The van der Waals surface area contributed by atoms with E-state index >= 15 is 0 Å². The fourth-order valence-corrected chi connectivity index (χ4v) is 4.93. The van der Waals surface area contributed by atoms with Crippen LogP contribution in [0.2, 0.25) is 5.02 Å². The van der Waals surface area contributed by atoms with E-state index < -0.39 is 15.4 Å². The van der Waals surface area contributed by atoms with E-state index in [-0.39, 0.29) is 4.90 Å². The van der Waals surface area contributed by atoms with Gasteiger partial charge < -0.3 is 5.11 Å². The second-order valence-corrected chi connectivity index (χ2v) is 11.5. The molecule has 0 saturated carbocycles. The quantitative estimate of drug-likeness (QED) is 0.363.